The standard InChI is InChI=1S/C24H30N4O5S.C2HF3O2/c1-18(29)26-20-6-8-22(9-7-20)34(31,32)27-21-4-2-19(3-5-21)24(10-11-24)23(30)25-12-13-28-14-16-33-17-15-28;3-2(4,5)1(6)7/h2-9,27H,10-17H2,1H3,(H,25,30)(H,26,29);(H,6,7). The summed E-state index contributed by atoms with van der Waals surface area (Å²) in [6.45, 7) is 6.02. The minimum Gasteiger partial charge on any atom is -0.475 e. The SMILES string of the molecule is CC(=O)Nc1ccc(S(=O)(=O)Nc2ccc(C3(C(=O)NCCN4CCOCC4)CC3)cc2)cc1.O=C(O)C(F)(F)F. The summed E-state index contributed by atoms with van der Waals surface area (Å²) in [5, 5.41) is 12.8. The molecule has 1 heterocycles. The number of nitrogens with one attached hydrogen (secondary N) is 3. The molecule has 41 heavy (non-hydrogen) atoms. The van der Waals surface area contributed by atoms with Gasteiger partial charge in [-0.2, -0.15) is 13.2 Å². The molecule has 0 unspecified atom stereocenters. The van der Waals surface area contributed by atoms with Gasteiger partial charge in [-0.15, -0.1) is 0 Å². The van der Waals surface area contributed by atoms with Crippen LogP contribution in [0.15, 0.2) is 53.4 Å². The number of ether oxygens (including phenoxy) is 1. The molecule has 0 radical (unpaired) electrons. The molecule has 2 aromatic rings. The van der Waals surface area contributed by atoms with E-state index >= 15 is 0 Å². The lowest BCUT2D eigenvalue weighted by atomic mass is 9.95. The predicted molar refractivity (Wildman–Crippen MR) is 143 cm³/mol. The smallest absolute Gasteiger partial charge is 0.475 e. The first-order valence-electron chi connectivity index (χ1n) is 12.6. The number of halogens is 3. The molecule has 2 aromatic carbocycles. The average molecular weight is 601 g/mol. The summed E-state index contributed by atoms with van der Waals surface area (Å²) in [5.74, 6) is -2.96. The van der Waals surface area contributed by atoms with Gasteiger partial charge in [0.2, 0.25) is 11.8 Å². The van der Waals surface area contributed by atoms with Crippen LogP contribution in [0.5, 0.6) is 0 Å². The highest BCUT2D eigenvalue weighted by molar-refractivity contribution is 7.92. The number of benzene rings is 2. The van der Waals surface area contributed by atoms with Gasteiger partial charge in [0.05, 0.1) is 23.5 Å². The van der Waals surface area contributed by atoms with Crippen molar-refractivity contribution in [1.29, 1.82) is 0 Å². The molecule has 11 nitrogen and oxygen atoms in total. The van der Waals surface area contributed by atoms with E-state index in [4.69, 9.17) is 14.6 Å². The molecule has 0 atom stereocenters. The second-order valence-corrected chi connectivity index (χ2v) is 11.2. The van der Waals surface area contributed by atoms with Crippen molar-refractivity contribution in [1.82, 2.24) is 10.2 Å². The van der Waals surface area contributed by atoms with Gasteiger partial charge in [0.25, 0.3) is 10.0 Å². The minimum absolute atomic E-state index is 0.0216. The maximum absolute atomic E-state index is 12.9. The van der Waals surface area contributed by atoms with Crippen LogP contribution in [0.2, 0.25) is 0 Å². The van der Waals surface area contributed by atoms with Gasteiger partial charge < -0.3 is 20.5 Å². The average Bonchev–Trinajstić information content (AvgIpc) is 3.72. The van der Waals surface area contributed by atoms with E-state index in [1.807, 2.05) is 12.1 Å². The lowest BCUT2D eigenvalue weighted by Crippen LogP contribution is -2.43. The molecule has 4 N–H and O–H groups in total. The van der Waals surface area contributed by atoms with Crippen LogP contribution in [0, 0.1) is 0 Å². The highest BCUT2D eigenvalue weighted by Crippen LogP contribution is 2.48. The summed E-state index contributed by atoms with van der Waals surface area (Å²) in [5.41, 5.74) is 1.30. The van der Waals surface area contributed by atoms with Crippen molar-refractivity contribution >= 4 is 39.2 Å². The van der Waals surface area contributed by atoms with Crippen LogP contribution >= 0.6 is 0 Å². The number of amides is 2. The number of morpholine rings is 1. The first-order chi connectivity index (χ1) is 19.2. The topological polar surface area (TPSA) is 154 Å². The number of carbonyl (C=O) groups is 3. The van der Waals surface area contributed by atoms with Gasteiger partial charge in [-0.3, -0.25) is 19.2 Å². The van der Waals surface area contributed by atoms with Crippen molar-refractivity contribution in [2.24, 2.45) is 0 Å². The summed E-state index contributed by atoms with van der Waals surface area (Å²) < 4.78 is 65.1. The Balaban J connectivity index is 0.000000587. The molecular weight excluding hydrogens is 569 g/mol. The molecule has 1 aliphatic carbocycles. The van der Waals surface area contributed by atoms with Crippen LogP contribution in [0.1, 0.15) is 25.3 Å². The third kappa shape index (κ3) is 9.16. The number of rotatable bonds is 9. The number of hydrogen-bond acceptors (Lipinski definition) is 7. The highest BCUT2D eigenvalue weighted by Gasteiger charge is 2.51. The molecule has 2 fully saturated rings. The lowest BCUT2D eigenvalue weighted by Gasteiger charge is -2.27. The maximum atomic E-state index is 12.9. The molecule has 0 spiro atoms. The first-order valence-corrected chi connectivity index (χ1v) is 14.1. The third-order valence-electron chi connectivity index (χ3n) is 6.42. The number of sulfonamides is 1. The summed E-state index contributed by atoms with van der Waals surface area (Å²) >= 11 is 0. The maximum Gasteiger partial charge on any atom is 0.490 e. The van der Waals surface area contributed by atoms with Crippen molar-refractivity contribution in [3.8, 4) is 0 Å². The Morgan fingerprint density at radius 3 is 2.00 bits per heavy atom. The number of carboxylic acid groups (broad SMARTS) is 1. The number of carboxylic acids is 1. The normalized spacial score (nSPS) is 16.5. The zero-order valence-corrected chi connectivity index (χ0v) is 23.0. The Bertz CT molecular complexity index is 1320. The molecule has 1 saturated carbocycles. The Hall–Kier alpha value is -3.69. The second kappa shape index (κ2) is 13.3. The van der Waals surface area contributed by atoms with E-state index < -0.39 is 27.6 Å². The van der Waals surface area contributed by atoms with Gasteiger partial charge in [-0.05, 0) is 54.8 Å². The van der Waals surface area contributed by atoms with E-state index in [2.05, 4.69) is 20.3 Å². The molecule has 15 heteroatoms. The predicted octanol–water partition coefficient (Wildman–Crippen LogP) is 2.56. The van der Waals surface area contributed by atoms with Crippen LogP contribution in [0.4, 0.5) is 24.5 Å². The van der Waals surface area contributed by atoms with Crippen molar-refractivity contribution in [3.05, 3.63) is 54.1 Å². The Morgan fingerprint density at radius 1 is 0.976 bits per heavy atom. The monoisotopic (exact) mass is 600 g/mol. The Kier molecular flexibility index (Phi) is 10.3. The van der Waals surface area contributed by atoms with E-state index in [9.17, 15) is 31.2 Å². The molecule has 2 aliphatic rings. The number of carbonyl (C=O) groups excluding carboxylic acids is 2. The molecule has 0 bridgehead atoms. The molecule has 1 aliphatic heterocycles. The summed E-state index contributed by atoms with van der Waals surface area (Å²) in [6.07, 6.45) is -3.52. The van der Waals surface area contributed by atoms with Crippen LogP contribution in [0.3, 0.4) is 0 Å². The quantitative estimate of drug-likeness (QED) is 0.343. The van der Waals surface area contributed by atoms with Crippen molar-refractivity contribution in [3.63, 3.8) is 0 Å². The van der Waals surface area contributed by atoms with Gasteiger partial charge in [0.1, 0.15) is 0 Å². The molecule has 4 rings (SSSR count). The van der Waals surface area contributed by atoms with Crippen molar-refractivity contribution in [2.75, 3.05) is 49.4 Å². The van der Waals surface area contributed by atoms with Gasteiger partial charge >= 0.3 is 12.1 Å². The number of nitrogens with zero attached hydrogens (tertiary/aromatic N) is 1. The fraction of sp³-hybridized carbons (Fsp3) is 0.423. The summed E-state index contributed by atoms with van der Waals surface area (Å²) in [6, 6.07) is 12.9. The lowest BCUT2D eigenvalue weighted by molar-refractivity contribution is -0.192. The zero-order chi connectivity index (χ0) is 30.3. The molecular formula is C26H31F3N4O7S. The highest BCUT2D eigenvalue weighted by atomic mass is 32.2. The van der Waals surface area contributed by atoms with Gasteiger partial charge in [0, 0.05) is 44.5 Å². The number of aliphatic carboxylic acids is 1. The largest absolute Gasteiger partial charge is 0.490 e. The van der Waals surface area contributed by atoms with E-state index in [1.165, 1.54) is 31.2 Å². The van der Waals surface area contributed by atoms with E-state index in [-0.39, 0.29) is 16.7 Å². The molecule has 0 aromatic heterocycles. The van der Waals surface area contributed by atoms with Crippen molar-refractivity contribution < 1.29 is 45.8 Å². The summed E-state index contributed by atoms with van der Waals surface area (Å²) in [7, 11) is -3.79. The van der Waals surface area contributed by atoms with E-state index in [1.54, 1.807) is 12.1 Å². The number of hydrogen-bond donors (Lipinski definition) is 4. The fourth-order valence-electron chi connectivity index (χ4n) is 4.09. The number of alkyl halides is 3. The Labute approximate surface area is 235 Å². The zero-order valence-electron chi connectivity index (χ0n) is 22.2. The number of anilines is 2. The van der Waals surface area contributed by atoms with Crippen molar-refractivity contribution in [2.45, 2.75) is 36.3 Å². The molecule has 2 amide bonds. The third-order valence-corrected chi connectivity index (χ3v) is 7.82. The van der Waals surface area contributed by atoms with Gasteiger partial charge in [-0.25, -0.2) is 13.2 Å². The van der Waals surface area contributed by atoms with Gasteiger partial charge in [0.15, 0.2) is 0 Å². The minimum atomic E-state index is -5.08. The molecule has 1 saturated heterocycles. The van der Waals surface area contributed by atoms with E-state index in [0.29, 0.717) is 17.9 Å². The van der Waals surface area contributed by atoms with E-state index in [0.717, 1.165) is 51.3 Å². The first kappa shape index (κ1) is 31.8. The van der Waals surface area contributed by atoms with Crippen LogP contribution in [-0.2, 0) is 34.6 Å². The Morgan fingerprint density at radius 2 is 1.51 bits per heavy atom. The molecule has 224 valence electrons. The fourth-order valence-corrected chi connectivity index (χ4v) is 5.14. The van der Waals surface area contributed by atoms with Crippen LogP contribution < -0.4 is 15.4 Å². The van der Waals surface area contributed by atoms with Crippen LogP contribution in [-0.4, -0.2) is 81.8 Å². The second-order valence-electron chi connectivity index (χ2n) is 9.48. The summed E-state index contributed by atoms with van der Waals surface area (Å²) in [4.78, 5) is 35.3. The van der Waals surface area contributed by atoms with Crippen LogP contribution in [0.25, 0.3) is 0 Å². The van der Waals surface area contributed by atoms with Gasteiger partial charge in [-0.1, -0.05) is 12.1 Å².